The maximum atomic E-state index is 12.6. The maximum Gasteiger partial charge on any atom is 0.244 e. The first-order valence-corrected chi connectivity index (χ1v) is 9.07. The molecule has 1 atom stereocenters. The van der Waals surface area contributed by atoms with Crippen LogP contribution in [0.1, 0.15) is 18.7 Å². The highest BCUT2D eigenvalue weighted by molar-refractivity contribution is 7.89. The minimum atomic E-state index is -3.88. The number of rotatable bonds is 4. The fourth-order valence-electron chi connectivity index (χ4n) is 2.30. The van der Waals surface area contributed by atoms with Crippen LogP contribution in [-0.2, 0) is 10.0 Å². The number of fused-ring (bicyclic) bond motifs is 1. The van der Waals surface area contributed by atoms with Gasteiger partial charge in [-0.25, -0.2) is 13.1 Å². The molecule has 1 aromatic heterocycles. The lowest BCUT2D eigenvalue weighted by Gasteiger charge is -2.14. The molecule has 4 nitrogen and oxygen atoms in total. The Morgan fingerprint density at radius 2 is 1.70 bits per heavy atom. The Morgan fingerprint density at radius 3 is 2.35 bits per heavy atom. The molecule has 0 amide bonds. The van der Waals surface area contributed by atoms with Crippen LogP contribution < -0.4 is 4.72 Å². The van der Waals surface area contributed by atoms with Crippen molar-refractivity contribution in [2.45, 2.75) is 17.9 Å². The Bertz CT molecular complexity index is 913. The van der Waals surface area contributed by atoms with Gasteiger partial charge in [-0.15, -0.1) is 0 Å². The van der Waals surface area contributed by atoms with E-state index in [2.05, 4.69) is 4.72 Å². The minimum Gasteiger partial charge on any atom is -0.459 e. The van der Waals surface area contributed by atoms with Gasteiger partial charge < -0.3 is 4.42 Å². The molecule has 1 N–H and O–H groups in total. The van der Waals surface area contributed by atoms with Gasteiger partial charge in [-0.05, 0) is 31.2 Å². The molecule has 120 valence electrons. The highest BCUT2D eigenvalue weighted by Gasteiger charge is 2.25. The molecule has 0 aliphatic carbocycles. The summed E-state index contributed by atoms with van der Waals surface area (Å²) in [6.45, 7) is 1.69. The van der Waals surface area contributed by atoms with Gasteiger partial charge in [0.25, 0.3) is 0 Å². The summed E-state index contributed by atoms with van der Waals surface area (Å²) in [4.78, 5) is -0.133. The lowest BCUT2D eigenvalue weighted by atomic mass is 10.2. The van der Waals surface area contributed by atoms with E-state index in [0.29, 0.717) is 11.3 Å². The van der Waals surface area contributed by atoms with E-state index in [0.717, 1.165) is 5.39 Å². The Morgan fingerprint density at radius 1 is 1.04 bits per heavy atom. The normalized spacial score (nSPS) is 13.3. The van der Waals surface area contributed by atoms with Crippen molar-refractivity contribution in [3.63, 3.8) is 0 Å². The average molecular weight is 370 g/mol. The molecule has 1 heterocycles. The van der Waals surface area contributed by atoms with Crippen molar-refractivity contribution in [2.24, 2.45) is 0 Å². The number of sulfonamides is 1. The van der Waals surface area contributed by atoms with Gasteiger partial charge in [0.05, 0.1) is 16.1 Å². The Labute approximate surface area is 144 Å². The van der Waals surface area contributed by atoms with Crippen molar-refractivity contribution < 1.29 is 12.8 Å². The lowest BCUT2D eigenvalue weighted by molar-refractivity contribution is 0.484. The zero-order valence-corrected chi connectivity index (χ0v) is 14.4. The quantitative estimate of drug-likeness (QED) is 0.719. The van der Waals surface area contributed by atoms with Gasteiger partial charge in [-0.3, -0.25) is 0 Å². The van der Waals surface area contributed by atoms with Gasteiger partial charge in [0.15, 0.2) is 0 Å². The average Bonchev–Trinajstić information content (AvgIpc) is 2.90. The number of hydrogen-bond donors (Lipinski definition) is 1. The van der Waals surface area contributed by atoms with Crippen LogP contribution in [0.25, 0.3) is 11.0 Å². The largest absolute Gasteiger partial charge is 0.459 e. The monoisotopic (exact) mass is 369 g/mol. The summed E-state index contributed by atoms with van der Waals surface area (Å²) in [5, 5.41) is 1.05. The standard InChI is InChI=1S/C16H13Cl2NO3S/c1-10(15-9-11-5-2-3-8-14(11)22-15)19-23(20,21)16-12(17)6-4-7-13(16)18/h2-10,19H,1H3/t10-/m1/s1. The molecule has 0 bridgehead atoms. The van der Waals surface area contributed by atoms with Gasteiger partial charge in [-0.1, -0.05) is 47.5 Å². The van der Waals surface area contributed by atoms with Gasteiger partial charge in [0.2, 0.25) is 10.0 Å². The zero-order valence-electron chi connectivity index (χ0n) is 12.1. The first-order valence-electron chi connectivity index (χ1n) is 6.83. The third-order valence-electron chi connectivity index (χ3n) is 3.39. The van der Waals surface area contributed by atoms with Gasteiger partial charge in [-0.2, -0.15) is 0 Å². The van der Waals surface area contributed by atoms with Crippen LogP contribution in [0.2, 0.25) is 10.0 Å². The van der Waals surface area contributed by atoms with Gasteiger partial charge in [0, 0.05) is 5.39 Å². The second-order valence-corrected chi connectivity index (χ2v) is 7.55. The van der Waals surface area contributed by atoms with E-state index >= 15 is 0 Å². The van der Waals surface area contributed by atoms with E-state index in [1.807, 2.05) is 24.3 Å². The zero-order chi connectivity index (χ0) is 16.6. The Balaban J connectivity index is 1.93. The van der Waals surface area contributed by atoms with Crippen molar-refractivity contribution in [1.82, 2.24) is 4.72 Å². The highest BCUT2D eigenvalue weighted by Crippen LogP contribution is 2.31. The molecular weight excluding hydrogens is 357 g/mol. The van der Waals surface area contributed by atoms with Crippen LogP contribution in [0.5, 0.6) is 0 Å². The van der Waals surface area contributed by atoms with Crippen LogP contribution in [0.15, 0.2) is 57.8 Å². The number of nitrogens with one attached hydrogen (secondary N) is 1. The Kier molecular flexibility index (Phi) is 4.38. The molecule has 0 unspecified atom stereocenters. The van der Waals surface area contributed by atoms with Crippen molar-refractivity contribution in [1.29, 1.82) is 0 Å². The van der Waals surface area contributed by atoms with Crippen LogP contribution in [0, 0.1) is 0 Å². The fourth-order valence-corrected chi connectivity index (χ4v) is 4.66. The Hall–Kier alpha value is -1.53. The smallest absolute Gasteiger partial charge is 0.244 e. The molecule has 0 fully saturated rings. The van der Waals surface area contributed by atoms with Crippen molar-refractivity contribution >= 4 is 44.2 Å². The summed E-state index contributed by atoms with van der Waals surface area (Å²) in [5.74, 6) is 0.512. The summed E-state index contributed by atoms with van der Waals surface area (Å²) in [6, 6.07) is 13.2. The maximum absolute atomic E-state index is 12.6. The van der Waals surface area contributed by atoms with E-state index in [9.17, 15) is 8.42 Å². The molecule has 23 heavy (non-hydrogen) atoms. The summed E-state index contributed by atoms with van der Waals surface area (Å²) >= 11 is 12.0. The van der Waals surface area contributed by atoms with E-state index in [-0.39, 0.29) is 14.9 Å². The van der Waals surface area contributed by atoms with E-state index in [4.69, 9.17) is 27.6 Å². The third kappa shape index (κ3) is 3.23. The predicted molar refractivity (Wildman–Crippen MR) is 91.4 cm³/mol. The van der Waals surface area contributed by atoms with Crippen molar-refractivity contribution in [2.75, 3.05) is 0 Å². The summed E-state index contributed by atoms with van der Waals surface area (Å²) in [7, 11) is -3.88. The number of benzene rings is 2. The van der Waals surface area contributed by atoms with Crippen molar-refractivity contribution in [3.05, 3.63) is 64.3 Å². The molecule has 3 rings (SSSR count). The van der Waals surface area contributed by atoms with Gasteiger partial charge >= 0.3 is 0 Å². The predicted octanol–water partition coefficient (Wildman–Crippen LogP) is 4.78. The number of furan rings is 1. The number of para-hydroxylation sites is 1. The highest BCUT2D eigenvalue weighted by atomic mass is 35.5. The van der Waals surface area contributed by atoms with E-state index in [1.54, 1.807) is 19.1 Å². The van der Waals surface area contributed by atoms with Crippen LogP contribution >= 0.6 is 23.2 Å². The topological polar surface area (TPSA) is 59.3 Å². The molecule has 2 aromatic carbocycles. The fraction of sp³-hybridized carbons (Fsp3) is 0.125. The molecule has 0 saturated carbocycles. The molecule has 0 aliphatic heterocycles. The summed E-state index contributed by atoms with van der Waals surface area (Å²) in [5.41, 5.74) is 0.698. The lowest BCUT2D eigenvalue weighted by Crippen LogP contribution is -2.27. The second kappa shape index (κ2) is 6.17. The van der Waals surface area contributed by atoms with Crippen LogP contribution in [-0.4, -0.2) is 8.42 Å². The van der Waals surface area contributed by atoms with Gasteiger partial charge in [0.1, 0.15) is 16.2 Å². The molecule has 7 heteroatoms. The van der Waals surface area contributed by atoms with E-state index < -0.39 is 16.1 Å². The first kappa shape index (κ1) is 16.3. The minimum absolute atomic E-state index is 0.0711. The molecule has 3 aromatic rings. The molecule has 0 radical (unpaired) electrons. The second-order valence-electron chi connectivity index (χ2n) is 5.08. The first-order chi connectivity index (χ1) is 10.9. The van der Waals surface area contributed by atoms with Crippen LogP contribution in [0.3, 0.4) is 0 Å². The molecular formula is C16H13Cl2NO3S. The number of halogens is 2. The number of hydrogen-bond acceptors (Lipinski definition) is 3. The summed E-state index contributed by atoms with van der Waals surface area (Å²) < 4.78 is 33.3. The van der Waals surface area contributed by atoms with E-state index in [1.165, 1.54) is 12.1 Å². The molecule has 0 spiro atoms. The third-order valence-corrected chi connectivity index (χ3v) is 5.89. The molecule has 0 aliphatic rings. The molecule has 0 saturated heterocycles. The van der Waals surface area contributed by atoms with Crippen molar-refractivity contribution in [3.8, 4) is 0 Å². The summed E-state index contributed by atoms with van der Waals surface area (Å²) in [6.07, 6.45) is 0. The SMILES string of the molecule is C[C@@H](NS(=O)(=O)c1c(Cl)cccc1Cl)c1cc2ccccc2o1. The van der Waals surface area contributed by atoms with Crippen LogP contribution in [0.4, 0.5) is 0 Å².